The predicted molar refractivity (Wildman–Crippen MR) is 175 cm³/mol. The van der Waals surface area contributed by atoms with E-state index >= 15 is 0 Å². The second-order valence-electron chi connectivity index (χ2n) is 12.4. The summed E-state index contributed by atoms with van der Waals surface area (Å²) in [4.78, 5) is 18.0. The molecule has 1 aromatic heterocycles. The standard InChI is InChI=1S/C36H36Cl2N2O4/c1-35(43,22-39-33(42)27-10-4-6-12-31(27)41)20-24-21-36(17-7-2-8-18-36)44-34-29(24)19-28(23-13-15-25(37)16-14-23)32(40-34)26-9-3-5-11-30(26)38/h3-6,9-16,19,24,41,43H,2,7-8,17-18,20-22H2,1H3,(H,39,42). The summed E-state index contributed by atoms with van der Waals surface area (Å²) in [6.07, 6.45) is 6.32. The Kier molecular flexibility index (Phi) is 8.60. The Balaban J connectivity index is 1.39. The van der Waals surface area contributed by atoms with Crippen molar-refractivity contribution in [1.82, 2.24) is 10.3 Å². The minimum atomic E-state index is -1.24. The Morgan fingerprint density at radius 2 is 1.70 bits per heavy atom. The van der Waals surface area contributed by atoms with Crippen LogP contribution in [0, 0.1) is 0 Å². The van der Waals surface area contributed by atoms with Crippen molar-refractivity contribution in [3.63, 3.8) is 0 Å². The molecule has 0 radical (unpaired) electrons. The van der Waals surface area contributed by atoms with Crippen LogP contribution < -0.4 is 10.1 Å². The minimum absolute atomic E-state index is 0.0229. The number of rotatable bonds is 7. The van der Waals surface area contributed by atoms with Gasteiger partial charge >= 0.3 is 0 Å². The Bertz CT molecular complexity index is 1670. The molecule has 3 N–H and O–H groups in total. The number of nitrogens with zero attached hydrogens (tertiary/aromatic N) is 1. The minimum Gasteiger partial charge on any atom is -0.507 e. The van der Waals surface area contributed by atoms with Crippen LogP contribution in [-0.4, -0.2) is 38.9 Å². The molecule has 6 rings (SSSR count). The quantitative estimate of drug-likeness (QED) is 0.190. The van der Waals surface area contributed by atoms with Crippen LogP contribution in [0.3, 0.4) is 0 Å². The van der Waals surface area contributed by atoms with Crippen LogP contribution in [0.25, 0.3) is 22.4 Å². The first-order valence-corrected chi connectivity index (χ1v) is 15.9. The number of carbonyl (C=O) groups is 1. The predicted octanol–water partition coefficient (Wildman–Crippen LogP) is 8.57. The lowest BCUT2D eigenvalue weighted by Gasteiger charge is -2.45. The Morgan fingerprint density at radius 3 is 2.43 bits per heavy atom. The summed E-state index contributed by atoms with van der Waals surface area (Å²) >= 11 is 13.0. The number of phenols is 1. The number of carbonyl (C=O) groups excluding carboxylic acids is 1. The van der Waals surface area contributed by atoms with E-state index in [2.05, 4.69) is 11.4 Å². The van der Waals surface area contributed by atoms with Gasteiger partial charge in [-0.3, -0.25) is 4.79 Å². The van der Waals surface area contributed by atoms with Gasteiger partial charge in [0, 0.05) is 33.3 Å². The molecule has 1 saturated carbocycles. The summed E-state index contributed by atoms with van der Waals surface area (Å²) in [5.41, 5.74) is 2.87. The van der Waals surface area contributed by atoms with Crippen molar-refractivity contribution in [3.05, 3.63) is 100 Å². The van der Waals surface area contributed by atoms with Crippen LogP contribution in [0.2, 0.25) is 10.0 Å². The molecular weight excluding hydrogens is 595 g/mol. The van der Waals surface area contributed by atoms with Crippen molar-refractivity contribution in [1.29, 1.82) is 0 Å². The number of halogens is 2. The van der Waals surface area contributed by atoms with E-state index in [1.165, 1.54) is 12.5 Å². The maximum Gasteiger partial charge on any atom is 0.255 e. The third-order valence-electron chi connectivity index (χ3n) is 8.90. The van der Waals surface area contributed by atoms with Crippen molar-refractivity contribution >= 4 is 29.1 Å². The van der Waals surface area contributed by atoms with Crippen molar-refractivity contribution in [2.75, 3.05) is 6.54 Å². The number of hydrogen-bond acceptors (Lipinski definition) is 5. The third kappa shape index (κ3) is 6.44. The molecule has 2 heterocycles. The van der Waals surface area contributed by atoms with Crippen LogP contribution >= 0.6 is 23.2 Å². The van der Waals surface area contributed by atoms with Gasteiger partial charge in [-0.2, -0.15) is 0 Å². The van der Waals surface area contributed by atoms with Crippen LogP contribution in [0.4, 0.5) is 0 Å². The molecule has 2 atom stereocenters. The summed E-state index contributed by atoms with van der Waals surface area (Å²) in [6.45, 7) is 1.77. The number of nitrogens with one attached hydrogen (secondary N) is 1. The van der Waals surface area contributed by atoms with Crippen molar-refractivity contribution in [2.45, 2.75) is 69.0 Å². The fourth-order valence-electron chi connectivity index (χ4n) is 6.72. The number of amides is 1. The number of ether oxygens (including phenoxy) is 1. The number of pyridine rings is 1. The summed E-state index contributed by atoms with van der Waals surface area (Å²) in [5.74, 6) is -0.0366. The highest BCUT2D eigenvalue weighted by Gasteiger charge is 2.45. The molecule has 3 aromatic carbocycles. The van der Waals surface area contributed by atoms with E-state index in [1.807, 2.05) is 48.5 Å². The van der Waals surface area contributed by atoms with Gasteiger partial charge in [0.15, 0.2) is 0 Å². The second-order valence-corrected chi connectivity index (χ2v) is 13.3. The molecule has 0 bridgehead atoms. The Hall–Kier alpha value is -3.58. The molecule has 1 spiro atoms. The zero-order chi connectivity index (χ0) is 30.9. The highest BCUT2D eigenvalue weighted by Crippen LogP contribution is 2.51. The fourth-order valence-corrected chi connectivity index (χ4v) is 7.07. The Labute approximate surface area is 268 Å². The van der Waals surface area contributed by atoms with Gasteiger partial charge in [-0.1, -0.05) is 72.1 Å². The van der Waals surface area contributed by atoms with Gasteiger partial charge < -0.3 is 20.3 Å². The molecule has 4 aromatic rings. The molecule has 2 unspecified atom stereocenters. The monoisotopic (exact) mass is 630 g/mol. The first-order valence-electron chi connectivity index (χ1n) is 15.2. The molecule has 2 aliphatic rings. The van der Waals surface area contributed by atoms with Gasteiger partial charge in [-0.25, -0.2) is 4.98 Å². The summed E-state index contributed by atoms with van der Waals surface area (Å²) in [7, 11) is 0. The third-order valence-corrected chi connectivity index (χ3v) is 9.48. The van der Waals surface area contributed by atoms with Crippen molar-refractivity contribution in [2.24, 2.45) is 0 Å². The molecule has 1 amide bonds. The number of phenolic OH excluding ortho intramolecular Hbond substituents is 1. The SMILES string of the molecule is CC(O)(CNC(=O)c1ccccc1O)CC1CC2(CCCCC2)Oc2nc(-c3ccccc3Cl)c(-c3ccc(Cl)cc3)cc21. The summed E-state index contributed by atoms with van der Waals surface area (Å²) in [6, 6.07) is 23.8. The van der Waals surface area contributed by atoms with Gasteiger partial charge in [0.2, 0.25) is 5.88 Å². The van der Waals surface area contributed by atoms with Crippen LogP contribution in [0.15, 0.2) is 78.9 Å². The lowest BCUT2D eigenvalue weighted by Crippen LogP contribution is -2.46. The van der Waals surface area contributed by atoms with E-state index in [0.717, 1.165) is 60.1 Å². The summed E-state index contributed by atoms with van der Waals surface area (Å²) in [5, 5.41) is 25.8. The van der Waals surface area contributed by atoms with E-state index in [-0.39, 0.29) is 29.4 Å². The van der Waals surface area contributed by atoms with Gasteiger partial charge in [0.1, 0.15) is 11.4 Å². The van der Waals surface area contributed by atoms with Crippen LogP contribution in [-0.2, 0) is 0 Å². The average molecular weight is 632 g/mol. The van der Waals surface area contributed by atoms with Gasteiger partial charge in [-0.15, -0.1) is 0 Å². The zero-order valence-corrected chi connectivity index (χ0v) is 26.2. The van der Waals surface area contributed by atoms with Crippen molar-refractivity contribution < 1.29 is 19.7 Å². The maximum absolute atomic E-state index is 12.8. The molecule has 44 heavy (non-hydrogen) atoms. The number of fused-ring (bicyclic) bond motifs is 1. The van der Waals surface area contributed by atoms with Gasteiger partial charge in [0.05, 0.1) is 16.9 Å². The first kappa shape index (κ1) is 30.4. The molecular formula is C36H36Cl2N2O4. The lowest BCUT2D eigenvalue weighted by molar-refractivity contribution is -0.0205. The lowest BCUT2D eigenvalue weighted by atomic mass is 9.72. The molecule has 1 fully saturated rings. The van der Waals surface area contributed by atoms with Crippen LogP contribution in [0.1, 0.15) is 73.7 Å². The van der Waals surface area contributed by atoms with E-state index < -0.39 is 11.5 Å². The highest BCUT2D eigenvalue weighted by molar-refractivity contribution is 6.33. The summed E-state index contributed by atoms with van der Waals surface area (Å²) < 4.78 is 6.83. The number of aromatic nitrogens is 1. The van der Waals surface area contributed by atoms with Crippen molar-refractivity contribution in [3.8, 4) is 34.0 Å². The van der Waals surface area contributed by atoms with E-state index in [1.54, 1.807) is 25.1 Å². The zero-order valence-electron chi connectivity index (χ0n) is 24.7. The second kappa shape index (κ2) is 12.4. The van der Waals surface area contributed by atoms with Gasteiger partial charge in [-0.05, 0) is 93.3 Å². The normalized spacial score (nSPS) is 18.6. The first-order chi connectivity index (χ1) is 21.1. The van der Waals surface area contributed by atoms with E-state index in [0.29, 0.717) is 22.3 Å². The number of para-hydroxylation sites is 1. The highest BCUT2D eigenvalue weighted by atomic mass is 35.5. The molecule has 8 heteroatoms. The molecule has 0 saturated heterocycles. The molecule has 1 aliphatic heterocycles. The maximum atomic E-state index is 12.8. The molecule has 228 valence electrons. The largest absolute Gasteiger partial charge is 0.507 e. The van der Waals surface area contributed by atoms with E-state index in [9.17, 15) is 15.0 Å². The molecule has 6 nitrogen and oxygen atoms in total. The number of aromatic hydroxyl groups is 1. The number of benzene rings is 3. The molecule has 1 aliphatic carbocycles. The Morgan fingerprint density at radius 1 is 1.00 bits per heavy atom. The van der Waals surface area contributed by atoms with Crippen LogP contribution in [0.5, 0.6) is 11.6 Å². The smallest absolute Gasteiger partial charge is 0.255 e. The van der Waals surface area contributed by atoms with E-state index in [4.69, 9.17) is 32.9 Å². The van der Waals surface area contributed by atoms with Gasteiger partial charge in [0.25, 0.3) is 5.91 Å². The average Bonchev–Trinajstić information content (AvgIpc) is 3.00. The fraction of sp³-hybridized carbons (Fsp3) is 0.333. The number of aliphatic hydroxyl groups is 1. The topological polar surface area (TPSA) is 91.7 Å². The number of hydrogen-bond donors (Lipinski definition) is 3.